The van der Waals surface area contributed by atoms with Gasteiger partial charge in [0.05, 0.1) is 0 Å². The van der Waals surface area contributed by atoms with Gasteiger partial charge in [0.1, 0.15) is 11.5 Å². The molecule has 148 valence electrons. The number of aromatic nitrogens is 1. The van der Waals surface area contributed by atoms with Crippen LogP contribution in [0.15, 0.2) is 42.5 Å². The minimum absolute atomic E-state index is 0.00130. The molecule has 3 amide bonds. The van der Waals surface area contributed by atoms with Crippen molar-refractivity contribution in [2.45, 2.75) is 33.0 Å². The zero-order valence-electron chi connectivity index (χ0n) is 16.2. The summed E-state index contributed by atoms with van der Waals surface area (Å²) in [6.07, 6.45) is 0. The number of pyridine rings is 1. The molecule has 1 heterocycles. The molecule has 0 unspecified atom stereocenters. The van der Waals surface area contributed by atoms with Crippen LogP contribution in [-0.4, -0.2) is 40.7 Å². The number of nitrogens with zero attached hydrogens (tertiary/aromatic N) is 2. The second-order valence-corrected chi connectivity index (χ2v) is 6.69. The second kappa shape index (κ2) is 9.61. The summed E-state index contributed by atoms with van der Waals surface area (Å²) in [6.45, 7) is 5.18. The van der Waals surface area contributed by atoms with Gasteiger partial charge in [-0.1, -0.05) is 30.3 Å². The zero-order valence-corrected chi connectivity index (χ0v) is 16.2. The van der Waals surface area contributed by atoms with Crippen molar-refractivity contribution in [2.75, 3.05) is 12.4 Å². The molecule has 4 N–H and O–H groups in total. The smallest absolute Gasteiger partial charge is 0.314 e. The lowest BCUT2D eigenvalue weighted by Crippen LogP contribution is -2.35. The minimum Gasteiger partial charge on any atom is -0.364 e. The fraction of sp³-hybridized carbons (Fsp3) is 0.300. The molecule has 0 saturated heterocycles. The van der Waals surface area contributed by atoms with Crippen molar-refractivity contribution in [1.29, 1.82) is 0 Å². The molecule has 2 rings (SSSR count). The zero-order chi connectivity index (χ0) is 20.7. The number of carbonyl (C=O) groups excluding carboxylic acids is 3. The molecule has 0 spiro atoms. The number of hydrogen-bond donors (Lipinski definition) is 3. The van der Waals surface area contributed by atoms with E-state index >= 15 is 0 Å². The van der Waals surface area contributed by atoms with E-state index in [9.17, 15) is 14.4 Å². The van der Waals surface area contributed by atoms with Gasteiger partial charge in [-0.2, -0.15) is 0 Å². The van der Waals surface area contributed by atoms with Crippen LogP contribution in [0.4, 0.5) is 5.82 Å². The fourth-order valence-corrected chi connectivity index (χ4v) is 2.41. The standard InChI is InChI=1S/C20H25N5O3/c1-13(2)25(3)12-15-8-5-4-7-14(15)11-22-19(27)20(28)24-17-10-6-9-16(23-17)18(21)26/h4-10,13H,11-12H2,1-3H3,(H2,21,26)(H,22,27)(H,23,24,28). The van der Waals surface area contributed by atoms with Gasteiger partial charge in [-0.15, -0.1) is 0 Å². The van der Waals surface area contributed by atoms with Crippen molar-refractivity contribution in [3.8, 4) is 0 Å². The van der Waals surface area contributed by atoms with Gasteiger partial charge in [-0.25, -0.2) is 4.98 Å². The molecule has 2 aromatic rings. The van der Waals surface area contributed by atoms with Gasteiger partial charge in [-0.05, 0) is 44.2 Å². The van der Waals surface area contributed by atoms with Crippen molar-refractivity contribution >= 4 is 23.5 Å². The van der Waals surface area contributed by atoms with Crippen LogP contribution in [0.25, 0.3) is 0 Å². The molecule has 0 saturated carbocycles. The van der Waals surface area contributed by atoms with Gasteiger partial charge in [0, 0.05) is 19.1 Å². The summed E-state index contributed by atoms with van der Waals surface area (Å²) in [5.41, 5.74) is 7.17. The molecule has 28 heavy (non-hydrogen) atoms. The molecule has 1 aromatic heterocycles. The highest BCUT2D eigenvalue weighted by molar-refractivity contribution is 6.39. The highest BCUT2D eigenvalue weighted by atomic mass is 16.2. The van der Waals surface area contributed by atoms with E-state index in [1.165, 1.54) is 18.2 Å². The van der Waals surface area contributed by atoms with Gasteiger partial charge in [0.15, 0.2) is 0 Å². The van der Waals surface area contributed by atoms with Crippen LogP contribution < -0.4 is 16.4 Å². The molecule has 0 aliphatic rings. The Morgan fingerprint density at radius 2 is 1.71 bits per heavy atom. The topological polar surface area (TPSA) is 117 Å². The number of anilines is 1. The van der Waals surface area contributed by atoms with E-state index in [0.717, 1.165) is 17.7 Å². The summed E-state index contributed by atoms with van der Waals surface area (Å²) in [6, 6.07) is 12.5. The Morgan fingerprint density at radius 1 is 1.04 bits per heavy atom. The van der Waals surface area contributed by atoms with Crippen molar-refractivity contribution in [1.82, 2.24) is 15.2 Å². The maximum absolute atomic E-state index is 12.1. The van der Waals surface area contributed by atoms with Gasteiger partial charge in [0.2, 0.25) is 0 Å². The Morgan fingerprint density at radius 3 is 2.36 bits per heavy atom. The predicted molar refractivity (Wildman–Crippen MR) is 106 cm³/mol. The normalized spacial score (nSPS) is 10.8. The summed E-state index contributed by atoms with van der Waals surface area (Å²) in [4.78, 5) is 41.4. The number of primary amides is 1. The number of hydrogen-bond acceptors (Lipinski definition) is 5. The van der Waals surface area contributed by atoms with E-state index in [-0.39, 0.29) is 18.1 Å². The molecule has 0 atom stereocenters. The predicted octanol–water partition coefficient (Wildman–Crippen LogP) is 1.28. The minimum atomic E-state index is -0.870. The molecule has 0 radical (unpaired) electrons. The van der Waals surface area contributed by atoms with Crippen LogP contribution in [0.3, 0.4) is 0 Å². The summed E-state index contributed by atoms with van der Waals surface area (Å²) in [5.74, 6) is -2.30. The highest BCUT2D eigenvalue weighted by Gasteiger charge is 2.16. The summed E-state index contributed by atoms with van der Waals surface area (Å²) in [7, 11) is 2.03. The molecule has 1 aromatic carbocycles. The Labute approximate surface area is 164 Å². The van der Waals surface area contributed by atoms with Crippen molar-refractivity contribution < 1.29 is 14.4 Å². The molecule has 0 aliphatic heterocycles. The highest BCUT2D eigenvalue weighted by Crippen LogP contribution is 2.12. The molecule has 8 nitrogen and oxygen atoms in total. The number of nitrogens with two attached hydrogens (primary N) is 1. The van der Waals surface area contributed by atoms with E-state index in [0.29, 0.717) is 6.04 Å². The largest absolute Gasteiger partial charge is 0.364 e. The monoisotopic (exact) mass is 383 g/mol. The Hall–Kier alpha value is -3.26. The Bertz CT molecular complexity index is 866. The average Bonchev–Trinajstić information content (AvgIpc) is 2.67. The van der Waals surface area contributed by atoms with Gasteiger partial charge < -0.3 is 16.4 Å². The van der Waals surface area contributed by atoms with E-state index in [2.05, 4.69) is 34.4 Å². The van der Waals surface area contributed by atoms with Crippen LogP contribution in [0.1, 0.15) is 35.5 Å². The summed E-state index contributed by atoms with van der Waals surface area (Å²) in [5, 5.41) is 4.97. The number of carbonyl (C=O) groups is 3. The summed E-state index contributed by atoms with van der Waals surface area (Å²) < 4.78 is 0. The van der Waals surface area contributed by atoms with Crippen LogP contribution in [0, 0.1) is 0 Å². The average molecular weight is 383 g/mol. The van der Waals surface area contributed by atoms with Crippen molar-refractivity contribution in [2.24, 2.45) is 5.73 Å². The molecule has 8 heteroatoms. The van der Waals surface area contributed by atoms with Crippen molar-refractivity contribution in [3.05, 3.63) is 59.3 Å². The third-order valence-corrected chi connectivity index (χ3v) is 4.31. The van der Waals surface area contributed by atoms with Crippen LogP contribution >= 0.6 is 0 Å². The number of nitrogens with one attached hydrogen (secondary N) is 2. The van der Waals surface area contributed by atoms with Crippen LogP contribution in [0.2, 0.25) is 0 Å². The second-order valence-electron chi connectivity index (χ2n) is 6.69. The van der Waals surface area contributed by atoms with Gasteiger partial charge in [0.25, 0.3) is 5.91 Å². The van der Waals surface area contributed by atoms with Crippen LogP contribution in [-0.2, 0) is 22.7 Å². The van der Waals surface area contributed by atoms with Crippen LogP contribution in [0.5, 0.6) is 0 Å². The Balaban J connectivity index is 1.98. The van der Waals surface area contributed by atoms with E-state index < -0.39 is 17.7 Å². The van der Waals surface area contributed by atoms with E-state index in [1.54, 1.807) is 0 Å². The molecular formula is C20H25N5O3. The van der Waals surface area contributed by atoms with Gasteiger partial charge in [-0.3, -0.25) is 19.3 Å². The van der Waals surface area contributed by atoms with Gasteiger partial charge >= 0.3 is 11.8 Å². The first kappa shape index (κ1) is 21.0. The lowest BCUT2D eigenvalue weighted by molar-refractivity contribution is -0.136. The lowest BCUT2D eigenvalue weighted by atomic mass is 10.1. The van der Waals surface area contributed by atoms with Crippen molar-refractivity contribution in [3.63, 3.8) is 0 Å². The Kier molecular flexibility index (Phi) is 7.22. The quantitative estimate of drug-likeness (QED) is 0.623. The first-order valence-electron chi connectivity index (χ1n) is 8.91. The third kappa shape index (κ3) is 5.88. The van der Waals surface area contributed by atoms with E-state index in [1.807, 2.05) is 31.3 Å². The maximum atomic E-state index is 12.1. The first-order chi connectivity index (χ1) is 13.3. The summed E-state index contributed by atoms with van der Waals surface area (Å²) >= 11 is 0. The number of benzene rings is 1. The SMILES string of the molecule is CC(C)N(C)Cc1ccccc1CNC(=O)C(=O)Nc1cccc(C(N)=O)n1. The fourth-order valence-electron chi connectivity index (χ4n) is 2.41. The number of rotatable bonds is 7. The maximum Gasteiger partial charge on any atom is 0.314 e. The first-order valence-corrected chi connectivity index (χ1v) is 8.91. The molecule has 0 fully saturated rings. The number of amides is 3. The molecule has 0 bridgehead atoms. The third-order valence-electron chi connectivity index (χ3n) is 4.31. The molecule has 0 aliphatic carbocycles. The molecular weight excluding hydrogens is 358 g/mol. The lowest BCUT2D eigenvalue weighted by Gasteiger charge is -2.22. The van der Waals surface area contributed by atoms with E-state index in [4.69, 9.17) is 5.73 Å².